The first-order valence-corrected chi connectivity index (χ1v) is 6.59. The van der Waals surface area contributed by atoms with Crippen molar-refractivity contribution in [2.75, 3.05) is 0 Å². The highest BCUT2D eigenvalue weighted by molar-refractivity contribution is 9.10. The minimum absolute atomic E-state index is 0.0521. The van der Waals surface area contributed by atoms with Gasteiger partial charge in [-0.25, -0.2) is 8.78 Å². The predicted molar refractivity (Wildman–Crippen MR) is 74.0 cm³/mol. The summed E-state index contributed by atoms with van der Waals surface area (Å²) in [6, 6.07) is 5.91. The summed E-state index contributed by atoms with van der Waals surface area (Å²) >= 11 is 14.4. The smallest absolute Gasteiger partial charge is 0.197 e. The highest BCUT2D eigenvalue weighted by Crippen LogP contribution is 2.26. The lowest BCUT2D eigenvalue weighted by molar-refractivity contribution is 0.103. The summed E-state index contributed by atoms with van der Waals surface area (Å²) in [7, 11) is 0. The zero-order chi connectivity index (χ0) is 14.2. The Morgan fingerprint density at radius 1 is 1.00 bits per heavy atom. The summed E-state index contributed by atoms with van der Waals surface area (Å²) in [6.45, 7) is 0. The van der Waals surface area contributed by atoms with Crippen molar-refractivity contribution >= 4 is 44.9 Å². The second-order valence-corrected chi connectivity index (χ2v) is 5.40. The Morgan fingerprint density at radius 2 is 1.68 bits per heavy atom. The quantitative estimate of drug-likeness (QED) is 0.523. The SMILES string of the molecule is O=C(c1cc(F)c(Br)cc1F)c1ccc(Cl)cc1Cl. The molecule has 0 saturated heterocycles. The molecular formula is C13H5BrCl2F2O. The Labute approximate surface area is 126 Å². The molecule has 0 aliphatic heterocycles. The molecule has 6 heteroatoms. The molecule has 1 nitrogen and oxygen atoms in total. The Balaban J connectivity index is 2.53. The summed E-state index contributed by atoms with van der Waals surface area (Å²) < 4.78 is 27.0. The van der Waals surface area contributed by atoms with Crippen molar-refractivity contribution in [3.8, 4) is 0 Å². The summed E-state index contributed by atoms with van der Waals surface area (Å²) in [4.78, 5) is 12.1. The lowest BCUT2D eigenvalue weighted by atomic mass is 10.0. The lowest BCUT2D eigenvalue weighted by Gasteiger charge is -2.06. The molecule has 0 unspecified atom stereocenters. The molecule has 0 fully saturated rings. The molecule has 0 N–H and O–H groups in total. The number of hydrogen-bond donors (Lipinski definition) is 0. The molecule has 0 heterocycles. The van der Waals surface area contributed by atoms with Crippen molar-refractivity contribution in [1.82, 2.24) is 0 Å². The van der Waals surface area contributed by atoms with Crippen LogP contribution >= 0.6 is 39.1 Å². The van der Waals surface area contributed by atoms with E-state index < -0.39 is 17.4 Å². The minimum atomic E-state index is -0.829. The third kappa shape index (κ3) is 2.96. The van der Waals surface area contributed by atoms with E-state index in [-0.39, 0.29) is 20.6 Å². The molecule has 0 aromatic heterocycles. The number of rotatable bonds is 2. The predicted octanol–water partition coefficient (Wildman–Crippen LogP) is 5.27. The first kappa shape index (κ1) is 14.4. The van der Waals surface area contributed by atoms with Crippen LogP contribution < -0.4 is 0 Å². The van der Waals surface area contributed by atoms with Crippen molar-refractivity contribution in [2.24, 2.45) is 0 Å². The highest BCUT2D eigenvalue weighted by atomic mass is 79.9. The van der Waals surface area contributed by atoms with Gasteiger partial charge < -0.3 is 0 Å². The van der Waals surface area contributed by atoms with E-state index in [0.717, 1.165) is 12.1 Å². The third-order valence-corrected chi connectivity index (χ3v) is 3.59. The van der Waals surface area contributed by atoms with Crippen LogP contribution in [0.5, 0.6) is 0 Å². The van der Waals surface area contributed by atoms with E-state index in [2.05, 4.69) is 15.9 Å². The van der Waals surface area contributed by atoms with Crippen LogP contribution in [0.25, 0.3) is 0 Å². The fraction of sp³-hybridized carbons (Fsp3) is 0. The summed E-state index contributed by atoms with van der Waals surface area (Å²) in [5, 5.41) is 0.434. The second kappa shape index (κ2) is 5.57. The maximum absolute atomic E-state index is 13.7. The van der Waals surface area contributed by atoms with E-state index in [1.165, 1.54) is 18.2 Å². The topological polar surface area (TPSA) is 17.1 Å². The molecule has 0 atom stereocenters. The van der Waals surface area contributed by atoms with Crippen LogP contribution in [-0.2, 0) is 0 Å². The van der Waals surface area contributed by atoms with E-state index in [1.54, 1.807) is 0 Å². The number of hydrogen-bond acceptors (Lipinski definition) is 1. The number of ketones is 1. The molecule has 98 valence electrons. The first-order chi connectivity index (χ1) is 8.90. The van der Waals surface area contributed by atoms with Gasteiger partial charge in [0.15, 0.2) is 5.78 Å². The van der Waals surface area contributed by atoms with E-state index in [4.69, 9.17) is 23.2 Å². The van der Waals surface area contributed by atoms with Gasteiger partial charge in [0.05, 0.1) is 15.1 Å². The molecule has 0 radical (unpaired) electrons. The third-order valence-electron chi connectivity index (χ3n) is 2.43. The minimum Gasteiger partial charge on any atom is -0.288 e. The fourth-order valence-corrected chi connectivity index (χ4v) is 2.33. The molecule has 0 amide bonds. The summed E-state index contributed by atoms with van der Waals surface area (Å²) in [5.74, 6) is -2.26. The van der Waals surface area contributed by atoms with E-state index in [0.29, 0.717) is 5.02 Å². The lowest BCUT2D eigenvalue weighted by Crippen LogP contribution is -2.06. The van der Waals surface area contributed by atoms with E-state index >= 15 is 0 Å². The maximum atomic E-state index is 13.7. The van der Waals surface area contributed by atoms with Gasteiger partial charge in [0.2, 0.25) is 0 Å². The van der Waals surface area contributed by atoms with Crippen LogP contribution in [-0.4, -0.2) is 5.78 Å². The Morgan fingerprint density at radius 3 is 2.32 bits per heavy atom. The number of halogens is 5. The normalized spacial score (nSPS) is 10.6. The number of carbonyl (C=O) groups excluding carboxylic acids is 1. The van der Waals surface area contributed by atoms with Gasteiger partial charge in [0.25, 0.3) is 0 Å². The Kier molecular flexibility index (Phi) is 4.23. The molecule has 0 bridgehead atoms. The van der Waals surface area contributed by atoms with E-state index in [9.17, 15) is 13.6 Å². The monoisotopic (exact) mass is 364 g/mol. The molecule has 19 heavy (non-hydrogen) atoms. The first-order valence-electron chi connectivity index (χ1n) is 5.04. The maximum Gasteiger partial charge on any atom is 0.197 e. The van der Waals surface area contributed by atoms with Crippen molar-refractivity contribution < 1.29 is 13.6 Å². The van der Waals surface area contributed by atoms with Crippen molar-refractivity contribution in [2.45, 2.75) is 0 Å². The van der Waals surface area contributed by atoms with Gasteiger partial charge in [-0.1, -0.05) is 23.2 Å². The zero-order valence-corrected chi connectivity index (χ0v) is 12.3. The molecular weight excluding hydrogens is 361 g/mol. The largest absolute Gasteiger partial charge is 0.288 e. The number of benzene rings is 2. The number of carbonyl (C=O) groups is 1. The van der Waals surface area contributed by atoms with Gasteiger partial charge >= 0.3 is 0 Å². The van der Waals surface area contributed by atoms with Crippen LogP contribution in [0.3, 0.4) is 0 Å². The van der Waals surface area contributed by atoms with Gasteiger partial charge in [0.1, 0.15) is 11.6 Å². The molecule has 2 rings (SSSR count). The molecule has 0 aliphatic carbocycles. The summed E-state index contributed by atoms with van der Waals surface area (Å²) in [6.07, 6.45) is 0. The highest BCUT2D eigenvalue weighted by Gasteiger charge is 2.19. The fourth-order valence-electron chi connectivity index (χ4n) is 1.52. The van der Waals surface area contributed by atoms with Crippen LogP contribution in [0.2, 0.25) is 10.0 Å². The average molecular weight is 366 g/mol. The Bertz CT molecular complexity index is 674. The van der Waals surface area contributed by atoms with Crippen LogP contribution in [0.1, 0.15) is 15.9 Å². The molecule has 0 saturated carbocycles. The van der Waals surface area contributed by atoms with Gasteiger partial charge in [-0.05, 0) is 46.3 Å². The van der Waals surface area contributed by atoms with Crippen molar-refractivity contribution in [3.63, 3.8) is 0 Å². The Hall–Kier alpha value is -0.970. The van der Waals surface area contributed by atoms with Crippen LogP contribution in [0.4, 0.5) is 8.78 Å². The molecule has 0 aliphatic rings. The summed E-state index contributed by atoms with van der Waals surface area (Å²) in [5.41, 5.74) is -0.323. The average Bonchev–Trinajstić information content (AvgIpc) is 2.33. The van der Waals surface area contributed by atoms with Crippen LogP contribution in [0.15, 0.2) is 34.8 Å². The van der Waals surface area contributed by atoms with Gasteiger partial charge in [0, 0.05) is 10.6 Å². The standard InChI is InChI=1S/C13H5BrCl2F2O/c14-9-5-11(17)8(4-12(9)18)13(19)7-2-1-6(15)3-10(7)16/h1-5H. The zero-order valence-electron chi connectivity index (χ0n) is 9.18. The van der Waals surface area contributed by atoms with Gasteiger partial charge in [-0.2, -0.15) is 0 Å². The van der Waals surface area contributed by atoms with Crippen molar-refractivity contribution in [3.05, 3.63) is 67.6 Å². The molecule has 2 aromatic rings. The molecule has 2 aromatic carbocycles. The van der Waals surface area contributed by atoms with Crippen LogP contribution in [0, 0.1) is 11.6 Å². The van der Waals surface area contributed by atoms with E-state index in [1.807, 2.05) is 0 Å². The second-order valence-electron chi connectivity index (χ2n) is 3.70. The molecule has 0 spiro atoms. The van der Waals surface area contributed by atoms with Gasteiger partial charge in [-0.15, -0.1) is 0 Å². The van der Waals surface area contributed by atoms with Gasteiger partial charge in [-0.3, -0.25) is 4.79 Å². The van der Waals surface area contributed by atoms with Crippen molar-refractivity contribution in [1.29, 1.82) is 0 Å².